The molecule has 3 N–H and O–H groups in total. The van der Waals surface area contributed by atoms with Crippen LogP contribution < -0.4 is 10.6 Å². The number of nitrogens with one attached hydrogen (secondary N) is 2. The maximum Gasteiger partial charge on any atom is 0.313 e. The number of carbonyl (C=O) groups is 2. The first-order valence-corrected chi connectivity index (χ1v) is 7.11. The summed E-state index contributed by atoms with van der Waals surface area (Å²) in [6.07, 6.45) is 0. The molecule has 2 aromatic carbocycles. The molecular formula is C16H14ClFN2O3. The van der Waals surface area contributed by atoms with Crippen LogP contribution in [-0.4, -0.2) is 16.9 Å². The molecule has 0 heterocycles. The van der Waals surface area contributed by atoms with E-state index in [9.17, 15) is 19.1 Å². The van der Waals surface area contributed by atoms with Crippen molar-refractivity contribution in [2.45, 2.75) is 13.2 Å². The van der Waals surface area contributed by atoms with E-state index in [1.54, 1.807) is 24.3 Å². The molecule has 2 rings (SSSR count). The van der Waals surface area contributed by atoms with Gasteiger partial charge in [-0.3, -0.25) is 9.59 Å². The molecule has 0 aromatic heterocycles. The highest BCUT2D eigenvalue weighted by atomic mass is 35.5. The van der Waals surface area contributed by atoms with Gasteiger partial charge in [-0.25, -0.2) is 4.39 Å². The first-order chi connectivity index (χ1) is 11.0. The van der Waals surface area contributed by atoms with E-state index in [0.29, 0.717) is 11.1 Å². The molecule has 2 amide bonds. The molecule has 120 valence electrons. The summed E-state index contributed by atoms with van der Waals surface area (Å²) in [5.41, 5.74) is 1.49. The lowest BCUT2D eigenvalue weighted by Gasteiger charge is -2.09. The number of hydrogen-bond donors (Lipinski definition) is 3. The largest absolute Gasteiger partial charge is 0.392 e. The van der Waals surface area contributed by atoms with Gasteiger partial charge >= 0.3 is 11.8 Å². The molecule has 0 atom stereocenters. The zero-order chi connectivity index (χ0) is 16.8. The summed E-state index contributed by atoms with van der Waals surface area (Å²) in [4.78, 5) is 23.5. The zero-order valence-electron chi connectivity index (χ0n) is 12.0. The van der Waals surface area contributed by atoms with Gasteiger partial charge in [0.05, 0.1) is 11.6 Å². The van der Waals surface area contributed by atoms with E-state index in [1.807, 2.05) is 0 Å². The lowest BCUT2D eigenvalue weighted by molar-refractivity contribution is -0.136. The SMILES string of the molecule is O=C(NCc1ccccc1CO)C(=O)Nc1ccc(Cl)c(F)c1. The minimum Gasteiger partial charge on any atom is -0.392 e. The minimum atomic E-state index is -0.923. The monoisotopic (exact) mass is 336 g/mol. The fraction of sp³-hybridized carbons (Fsp3) is 0.125. The molecule has 0 saturated heterocycles. The van der Waals surface area contributed by atoms with Gasteiger partial charge in [0.15, 0.2) is 0 Å². The fourth-order valence-corrected chi connectivity index (χ4v) is 2.02. The van der Waals surface area contributed by atoms with Crippen molar-refractivity contribution in [1.82, 2.24) is 5.32 Å². The summed E-state index contributed by atoms with van der Waals surface area (Å²) in [6, 6.07) is 10.7. The maximum absolute atomic E-state index is 13.3. The van der Waals surface area contributed by atoms with E-state index in [1.165, 1.54) is 12.1 Å². The van der Waals surface area contributed by atoms with Crippen LogP contribution in [0.3, 0.4) is 0 Å². The van der Waals surface area contributed by atoms with Gasteiger partial charge in [0.1, 0.15) is 5.82 Å². The number of hydrogen-bond acceptors (Lipinski definition) is 3. The highest BCUT2D eigenvalue weighted by Crippen LogP contribution is 2.18. The molecule has 23 heavy (non-hydrogen) atoms. The topological polar surface area (TPSA) is 78.4 Å². The zero-order valence-corrected chi connectivity index (χ0v) is 12.7. The molecular weight excluding hydrogens is 323 g/mol. The molecule has 2 aromatic rings. The van der Waals surface area contributed by atoms with Crippen LogP contribution in [0.4, 0.5) is 10.1 Å². The number of anilines is 1. The molecule has 0 aliphatic carbocycles. The molecule has 0 unspecified atom stereocenters. The second-order valence-electron chi connectivity index (χ2n) is 4.69. The third kappa shape index (κ3) is 4.51. The lowest BCUT2D eigenvalue weighted by atomic mass is 10.1. The van der Waals surface area contributed by atoms with Crippen molar-refractivity contribution in [1.29, 1.82) is 0 Å². The van der Waals surface area contributed by atoms with Gasteiger partial charge in [0, 0.05) is 12.2 Å². The third-order valence-corrected chi connectivity index (χ3v) is 3.42. The van der Waals surface area contributed by atoms with Crippen molar-refractivity contribution in [2.24, 2.45) is 0 Å². The van der Waals surface area contributed by atoms with Crippen molar-refractivity contribution in [2.75, 3.05) is 5.32 Å². The molecule has 0 bridgehead atoms. The molecule has 5 nitrogen and oxygen atoms in total. The Morgan fingerprint density at radius 3 is 2.43 bits per heavy atom. The molecule has 0 saturated carbocycles. The molecule has 0 radical (unpaired) electrons. The molecule has 0 aliphatic heterocycles. The van der Waals surface area contributed by atoms with Crippen LogP contribution in [-0.2, 0) is 22.7 Å². The Hall–Kier alpha value is -2.44. The number of rotatable bonds is 4. The van der Waals surface area contributed by atoms with Gasteiger partial charge in [0.25, 0.3) is 0 Å². The van der Waals surface area contributed by atoms with Crippen molar-refractivity contribution in [3.63, 3.8) is 0 Å². The van der Waals surface area contributed by atoms with Crippen LogP contribution in [0.25, 0.3) is 0 Å². The predicted octanol–water partition coefficient (Wildman–Crippen LogP) is 2.23. The summed E-state index contributed by atoms with van der Waals surface area (Å²) in [5.74, 6) is -2.48. The first-order valence-electron chi connectivity index (χ1n) is 6.73. The molecule has 0 spiro atoms. The summed E-state index contributed by atoms with van der Waals surface area (Å²) in [5, 5.41) is 13.8. The van der Waals surface area contributed by atoms with E-state index < -0.39 is 17.6 Å². The highest BCUT2D eigenvalue weighted by Gasteiger charge is 2.14. The maximum atomic E-state index is 13.3. The predicted molar refractivity (Wildman–Crippen MR) is 84.3 cm³/mol. The van der Waals surface area contributed by atoms with Gasteiger partial charge in [-0.1, -0.05) is 35.9 Å². The van der Waals surface area contributed by atoms with Crippen molar-refractivity contribution in [3.05, 3.63) is 64.4 Å². The average molecular weight is 337 g/mol. The Balaban J connectivity index is 1.95. The smallest absolute Gasteiger partial charge is 0.313 e. The van der Waals surface area contributed by atoms with Crippen molar-refractivity contribution in [3.8, 4) is 0 Å². The number of aliphatic hydroxyl groups excluding tert-OH is 1. The summed E-state index contributed by atoms with van der Waals surface area (Å²) in [7, 11) is 0. The Bertz CT molecular complexity index is 737. The molecule has 0 fully saturated rings. The van der Waals surface area contributed by atoms with Gasteiger partial charge in [-0.2, -0.15) is 0 Å². The average Bonchev–Trinajstić information content (AvgIpc) is 2.56. The van der Waals surface area contributed by atoms with E-state index in [4.69, 9.17) is 11.6 Å². The Labute approximate surface area is 137 Å². The fourth-order valence-electron chi connectivity index (χ4n) is 1.90. The second kappa shape index (κ2) is 7.71. The summed E-state index contributed by atoms with van der Waals surface area (Å²) >= 11 is 5.54. The van der Waals surface area contributed by atoms with Crippen LogP contribution in [0.2, 0.25) is 5.02 Å². The number of halogens is 2. The number of carbonyl (C=O) groups excluding carboxylic acids is 2. The highest BCUT2D eigenvalue weighted by molar-refractivity contribution is 6.39. The quantitative estimate of drug-likeness (QED) is 0.749. The van der Waals surface area contributed by atoms with Crippen LogP contribution in [0.1, 0.15) is 11.1 Å². The van der Waals surface area contributed by atoms with Crippen LogP contribution in [0, 0.1) is 5.82 Å². The van der Waals surface area contributed by atoms with Crippen LogP contribution in [0.5, 0.6) is 0 Å². The standard InChI is InChI=1S/C16H14ClFN2O3/c17-13-6-5-12(7-14(13)18)20-16(23)15(22)19-8-10-3-1-2-4-11(10)9-21/h1-7,21H,8-9H2,(H,19,22)(H,20,23). The van der Waals surface area contributed by atoms with E-state index in [0.717, 1.165) is 6.07 Å². The normalized spacial score (nSPS) is 10.2. The minimum absolute atomic E-state index is 0.0759. The van der Waals surface area contributed by atoms with E-state index in [2.05, 4.69) is 10.6 Å². The number of benzene rings is 2. The Morgan fingerprint density at radius 2 is 1.78 bits per heavy atom. The first kappa shape index (κ1) is 16.9. The van der Waals surface area contributed by atoms with Crippen LogP contribution in [0.15, 0.2) is 42.5 Å². The van der Waals surface area contributed by atoms with Crippen molar-refractivity contribution < 1.29 is 19.1 Å². The van der Waals surface area contributed by atoms with Gasteiger partial charge in [-0.05, 0) is 29.3 Å². The number of aliphatic hydroxyl groups is 1. The molecule has 7 heteroatoms. The summed E-state index contributed by atoms with van der Waals surface area (Å²) in [6.45, 7) is -0.0692. The Kier molecular flexibility index (Phi) is 5.67. The van der Waals surface area contributed by atoms with E-state index in [-0.39, 0.29) is 23.9 Å². The third-order valence-electron chi connectivity index (χ3n) is 3.11. The van der Waals surface area contributed by atoms with Gasteiger partial charge in [-0.15, -0.1) is 0 Å². The lowest BCUT2D eigenvalue weighted by Crippen LogP contribution is -2.35. The van der Waals surface area contributed by atoms with Gasteiger partial charge in [0.2, 0.25) is 0 Å². The second-order valence-corrected chi connectivity index (χ2v) is 5.10. The van der Waals surface area contributed by atoms with Crippen LogP contribution >= 0.6 is 11.6 Å². The number of amides is 2. The Morgan fingerprint density at radius 1 is 1.09 bits per heavy atom. The molecule has 0 aliphatic rings. The van der Waals surface area contributed by atoms with Gasteiger partial charge < -0.3 is 15.7 Å². The van der Waals surface area contributed by atoms with E-state index >= 15 is 0 Å². The van der Waals surface area contributed by atoms with Crippen molar-refractivity contribution >= 4 is 29.1 Å². The summed E-state index contributed by atoms with van der Waals surface area (Å²) < 4.78 is 13.3.